The van der Waals surface area contributed by atoms with E-state index in [0.717, 1.165) is 11.9 Å². The van der Waals surface area contributed by atoms with E-state index < -0.39 is 0 Å². The van der Waals surface area contributed by atoms with Crippen LogP contribution in [0.15, 0.2) is 24.3 Å². The minimum absolute atomic E-state index is 0.691. The molecule has 1 aliphatic heterocycles. The van der Waals surface area contributed by atoms with Crippen LogP contribution >= 0.6 is 9.24 Å². The van der Waals surface area contributed by atoms with Gasteiger partial charge in [-0.3, -0.25) is 0 Å². The highest BCUT2D eigenvalue weighted by atomic mass is 31.0. The molecular formula is C17H19OP. The van der Waals surface area contributed by atoms with Crippen LogP contribution in [-0.2, 0) is 12.8 Å². The number of hydrogen-bond acceptors (Lipinski definition) is 1. The Hall–Kier alpha value is -1.33. The Morgan fingerprint density at radius 2 is 1.74 bits per heavy atom. The van der Waals surface area contributed by atoms with Crippen LogP contribution in [0.1, 0.15) is 27.8 Å². The molecule has 2 aromatic carbocycles. The smallest absolute Gasteiger partial charge is 0.130 e. The van der Waals surface area contributed by atoms with Crippen molar-refractivity contribution in [1.82, 2.24) is 0 Å². The van der Waals surface area contributed by atoms with Crippen LogP contribution in [0.5, 0.6) is 5.75 Å². The van der Waals surface area contributed by atoms with Gasteiger partial charge in [-0.25, -0.2) is 0 Å². The molecule has 3 rings (SSSR count). The molecule has 0 saturated heterocycles. The van der Waals surface area contributed by atoms with Gasteiger partial charge >= 0.3 is 0 Å². The zero-order valence-corrected chi connectivity index (χ0v) is 12.9. The average Bonchev–Trinajstić information content (AvgIpc) is 2.43. The quantitative estimate of drug-likeness (QED) is 0.691. The minimum Gasteiger partial charge on any atom is -0.488 e. The molecule has 1 aliphatic rings. The van der Waals surface area contributed by atoms with E-state index in [1.165, 1.54) is 38.9 Å². The predicted molar refractivity (Wildman–Crippen MR) is 83.8 cm³/mol. The number of ether oxygens (including phenoxy) is 1. The Kier molecular flexibility index (Phi) is 3.11. The molecular weight excluding hydrogens is 251 g/mol. The van der Waals surface area contributed by atoms with E-state index in [1.54, 1.807) is 0 Å². The molecule has 0 spiro atoms. The van der Waals surface area contributed by atoms with Crippen LogP contribution < -0.4 is 4.74 Å². The van der Waals surface area contributed by atoms with E-state index in [0.29, 0.717) is 6.61 Å². The summed E-state index contributed by atoms with van der Waals surface area (Å²) in [4.78, 5) is 0. The van der Waals surface area contributed by atoms with E-state index in [9.17, 15) is 0 Å². The third-order valence-corrected chi connectivity index (χ3v) is 4.70. The van der Waals surface area contributed by atoms with Crippen LogP contribution in [0.2, 0.25) is 0 Å². The second-order valence-corrected chi connectivity index (χ2v) is 5.66. The summed E-state index contributed by atoms with van der Waals surface area (Å²) in [6.45, 7) is 7.17. The lowest BCUT2D eigenvalue weighted by Gasteiger charge is -2.25. The first-order chi connectivity index (χ1) is 9.13. The maximum absolute atomic E-state index is 6.04. The van der Waals surface area contributed by atoms with Gasteiger partial charge in [-0.15, -0.1) is 9.24 Å². The first kappa shape index (κ1) is 12.7. The zero-order valence-electron chi connectivity index (χ0n) is 11.7. The summed E-state index contributed by atoms with van der Waals surface area (Å²) in [6.07, 6.45) is 0.999. The highest BCUT2D eigenvalue weighted by Gasteiger charge is 2.21. The molecule has 0 amide bonds. The van der Waals surface area contributed by atoms with Crippen molar-refractivity contribution in [1.29, 1.82) is 0 Å². The molecule has 0 radical (unpaired) electrons. The lowest BCUT2D eigenvalue weighted by molar-refractivity contribution is 0.299. The van der Waals surface area contributed by atoms with Crippen molar-refractivity contribution in [3.05, 3.63) is 52.1 Å². The van der Waals surface area contributed by atoms with E-state index in [-0.39, 0.29) is 0 Å². The lowest BCUT2D eigenvalue weighted by Crippen LogP contribution is -2.10. The predicted octanol–water partition coefficient (Wildman–Crippen LogP) is 4.55. The SMILES string of the molecule is Cc1ccc2c(c1C)OCc1c-2ccc(CP)c1C. The molecule has 0 fully saturated rings. The summed E-state index contributed by atoms with van der Waals surface area (Å²) < 4.78 is 6.04. The van der Waals surface area contributed by atoms with Crippen molar-refractivity contribution < 1.29 is 4.74 Å². The third-order valence-electron chi connectivity index (χ3n) is 4.26. The van der Waals surface area contributed by atoms with Crippen molar-refractivity contribution in [2.75, 3.05) is 0 Å². The summed E-state index contributed by atoms with van der Waals surface area (Å²) >= 11 is 0. The summed E-state index contributed by atoms with van der Waals surface area (Å²) in [5.74, 6) is 1.06. The van der Waals surface area contributed by atoms with Crippen molar-refractivity contribution >= 4 is 9.24 Å². The van der Waals surface area contributed by atoms with Crippen molar-refractivity contribution in [3.63, 3.8) is 0 Å². The number of hydrogen-bond donors (Lipinski definition) is 0. The summed E-state index contributed by atoms with van der Waals surface area (Å²) in [6, 6.07) is 8.87. The second kappa shape index (κ2) is 4.65. The van der Waals surface area contributed by atoms with Crippen molar-refractivity contribution in [2.45, 2.75) is 33.5 Å². The number of aryl methyl sites for hydroxylation is 1. The summed E-state index contributed by atoms with van der Waals surface area (Å²) in [5.41, 5.74) is 9.23. The molecule has 98 valence electrons. The van der Waals surface area contributed by atoms with Crippen LogP contribution in [0.4, 0.5) is 0 Å². The lowest BCUT2D eigenvalue weighted by atomic mass is 9.89. The van der Waals surface area contributed by atoms with Gasteiger partial charge in [-0.1, -0.05) is 24.3 Å². The molecule has 1 unspecified atom stereocenters. The molecule has 0 aromatic heterocycles. The van der Waals surface area contributed by atoms with Gasteiger partial charge in [0.15, 0.2) is 0 Å². The number of fused-ring (bicyclic) bond motifs is 3. The molecule has 0 saturated carbocycles. The molecule has 2 aromatic rings. The van der Waals surface area contributed by atoms with Crippen LogP contribution in [0.25, 0.3) is 11.1 Å². The molecule has 2 heteroatoms. The second-order valence-electron chi connectivity index (χ2n) is 5.25. The minimum atomic E-state index is 0.691. The van der Waals surface area contributed by atoms with Gasteiger partial charge < -0.3 is 4.74 Å². The Morgan fingerprint density at radius 3 is 2.47 bits per heavy atom. The van der Waals surface area contributed by atoms with Gasteiger partial charge in [0.05, 0.1) is 0 Å². The van der Waals surface area contributed by atoms with E-state index in [2.05, 4.69) is 54.3 Å². The fourth-order valence-corrected chi connectivity index (χ4v) is 3.24. The largest absolute Gasteiger partial charge is 0.488 e. The van der Waals surface area contributed by atoms with Gasteiger partial charge in [-0.05, 0) is 54.8 Å². The summed E-state index contributed by atoms with van der Waals surface area (Å²) in [5, 5.41) is 0. The normalized spacial score (nSPS) is 12.6. The molecule has 1 nitrogen and oxygen atoms in total. The highest BCUT2D eigenvalue weighted by Crippen LogP contribution is 2.42. The standard InChI is InChI=1S/C17H19OP/c1-10-4-6-15-14-7-5-13(9-19)12(3)16(14)8-18-17(15)11(10)2/h4-7H,8-9,19H2,1-3H3. The average molecular weight is 270 g/mol. The van der Waals surface area contributed by atoms with Crippen molar-refractivity contribution in [2.24, 2.45) is 0 Å². The van der Waals surface area contributed by atoms with E-state index in [4.69, 9.17) is 4.74 Å². The maximum atomic E-state index is 6.04. The fourth-order valence-electron chi connectivity index (χ4n) is 2.80. The van der Waals surface area contributed by atoms with Gasteiger partial charge in [0.1, 0.15) is 12.4 Å². The molecule has 0 N–H and O–H groups in total. The molecule has 19 heavy (non-hydrogen) atoms. The van der Waals surface area contributed by atoms with E-state index in [1.807, 2.05) is 0 Å². The molecule has 1 heterocycles. The van der Waals surface area contributed by atoms with Gasteiger partial charge in [0.25, 0.3) is 0 Å². The van der Waals surface area contributed by atoms with Crippen LogP contribution in [-0.4, -0.2) is 0 Å². The molecule has 0 aliphatic carbocycles. The highest BCUT2D eigenvalue weighted by molar-refractivity contribution is 7.15. The van der Waals surface area contributed by atoms with Crippen LogP contribution in [0, 0.1) is 20.8 Å². The topological polar surface area (TPSA) is 9.23 Å². The fraction of sp³-hybridized carbons (Fsp3) is 0.294. The van der Waals surface area contributed by atoms with Gasteiger partial charge in [0, 0.05) is 11.1 Å². The summed E-state index contributed by atoms with van der Waals surface area (Å²) in [7, 11) is 2.80. The Labute approximate surface area is 117 Å². The molecule has 0 bridgehead atoms. The zero-order chi connectivity index (χ0) is 13.6. The first-order valence-electron chi connectivity index (χ1n) is 6.68. The van der Waals surface area contributed by atoms with Gasteiger partial charge in [0.2, 0.25) is 0 Å². The monoisotopic (exact) mass is 270 g/mol. The maximum Gasteiger partial charge on any atom is 0.130 e. The van der Waals surface area contributed by atoms with Crippen molar-refractivity contribution in [3.8, 4) is 16.9 Å². The first-order valence-corrected chi connectivity index (χ1v) is 7.50. The van der Waals surface area contributed by atoms with E-state index >= 15 is 0 Å². The van der Waals surface area contributed by atoms with Crippen LogP contribution in [0.3, 0.4) is 0 Å². The Bertz CT molecular complexity index is 659. The molecule has 1 atom stereocenters. The number of rotatable bonds is 1. The third kappa shape index (κ3) is 1.88. The van der Waals surface area contributed by atoms with Gasteiger partial charge in [-0.2, -0.15) is 0 Å². The Morgan fingerprint density at radius 1 is 1.00 bits per heavy atom. The number of benzene rings is 2. The Balaban J connectivity index is 2.26.